The van der Waals surface area contributed by atoms with Gasteiger partial charge in [0, 0.05) is 7.05 Å². The van der Waals surface area contributed by atoms with Gasteiger partial charge in [0.2, 0.25) is 11.8 Å². The molecule has 1 saturated heterocycles. The Balaban J connectivity index is 1.58. The van der Waals surface area contributed by atoms with Gasteiger partial charge in [0.25, 0.3) is 5.91 Å². The SMILES string of the molecule is Cc1nn(C)c(C)c1NC(=O)COC(=O)[C@H](C)N1C(=O)[C@@H]2CC=CC[C@H]2C1=O. The highest BCUT2D eigenvalue weighted by Gasteiger charge is 2.50. The van der Waals surface area contributed by atoms with Gasteiger partial charge in [-0.3, -0.25) is 24.0 Å². The number of imide groups is 1. The molecule has 3 rings (SSSR count). The number of ether oxygens (including phenoxy) is 1. The fourth-order valence-electron chi connectivity index (χ4n) is 3.70. The second-order valence-corrected chi connectivity index (χ2v) is 7.20. The number of carbonyl (C=O) groups is 4. The number of hydrogen-bond donors (Lipinski definition) is 1. The molecule has 9 nitrogen and oxygen atoms in total. The van der Waals surface area contributed by atoms with Gasteiger partial charge < -0.3 is 10.1 Å². The second kappa shape index (κ2) is 7.57. The van der Waals surface area contributed by atoms with Crippen molar-refractivity contribution in [2.75, 3.05) is 11.9 Å². The molecular weight excluding hydrogens is 364 g/mol. The lowest BCUT2D eigenvalue weighted by Crippen LogP contribution is -2.45. The largest absolute Gasteiger partial charge is 0.454 e. The molecule has 28 heavy (non-hydrogen) atoms. The van der Waals surface area contributed by atoms with E-state index < -0.39 is 36.4 Å². The molecular formula is C19H24N4O5. The maximum atomic E-state index is 12.5. The molecule has 0 aromatic carbocycles. The van der Waals surface area contributed by atoms with Crippen LogP contribution in [-0.4, -0.2) is 51.0 Å². The summed E-state index contributed by atoms with van der Waals surface area (Å²) in [6.07, 6.45) is 4.76. The summed E-state index contributed by atoms with van der Waals surface area (Å²) in [4.78, 5) is 50.5. The molecule has 150 valence electrons. The number of nitrogens with one attached hydrogen (secondary N) is 1. The average molecular weight is 388 g/mol. The van der Waals surface area contributed by atoms with Gasteiger partial charge in [0.05, 0.1) is 28.9 Å². The van der Waals surface area contributed by atoms with Gasteiger partial charge in [-0.05, 0) is 33.6 Å². The first-order valence-electron chi connectivity index (χ1n) is 9.21. The Morgan fingerprint density at radius 1 is 1.21 bits per heavy atom. The predicted molar refractivity (Wildman–Crippen MR) is 98.9 cm³/mol. The van der Waals surface area contributed by atoms with Gasteiger partial charge in [0.15, 0.2) is 6.61 Å². The monoisotopic (exact) mass is 388 g/mol. The van der Waals surface area contributed by atoms with E-state index in [1.807, 2.05) is 19.1 Å². The van der Waals surface area contributed by atoms with Crippen LogP contribution in [0.25, 0.3) is 0 Å². The molecule has 9 heteroatoms. The van der Waals surface area contributed by atoms with Gasteiger partial charge in [0.1, 0.15) is 6.04 Å². The molecule has 2 aliphatic rings. The van der Waals surface area contributed by atoms with Crippen molar-refractivity contribution in [1.29, 1.82) is 0 Å². The van der Waals surface area contributed by atoms with E-state index in [2.05, 4.69) is 10.4 Å². The van der Waals surface area contributed by atoms with Crippen molar-refractivity contribution >= 4 is 29.4 Å². The fraction of sp³-hybridized carbons (Fsp3) is 0.526. The van der Waals surface area contributed by atoms with Crippen LogP contribution in [-0.2, 0) is 31.0 Å². The molecule has 3 atom stereocenters. The summed E-state index contributed by atoms with van der Waals surface area (Å²) in [5.41, 5.74) is 1.99. The van der Waals surface area contributed by atoms with Crippen molar-refractivity contribution in [3.63, 3.8) is 0 Å². The summed E-state index contributed by atoms with van der Waals surface area (Å²) in [6, 6.07) is -1.07. The van der Waals surface area contributed by atoms with Crippen molar-refractivity contribution < 1.29 is 23.9 Å². The first-order chi connectivity index (χ1) is 13.2. The number of aryl methyl sites for hydroxylation is 2. The number of aromatic nitrogens is 2. The zero-order chi connectivity index (χ0) is 20.6. The minimum Gasteiger partial charge on any atom is -0.454 e. The summed E-state index contributed by atoms with van der Waals surface area (Å²) in [7, 11) is 1.76. The minimum atomic E-state index is -1.07. The first-order valence-corrected chi connectivity index (χ1v) is 9.21. The first kappa shape index (κ1) is 19.8. The van der Waals surface area contributed by atoms with Gasteiger partial charge in [-0.1, -0.05) is 12.2 Å². The van der Waals surface area contributed by atoms with Crippen LogP contribution in [0.4, 0.5) is 5.69 Å². The van der Waals surface area contributed by atoms with Crippen LogP contribution < -0.4 is 5.32 Å². The number of likely N-dealkylation sites (tertiary alicyclic amines) is 1. The van der Waals surface area contributed by atoms with Gasteiger partial charge >= 0.3 is 5.97 Å². The molecule has 1 aromatic heterocycles. The molecule has 1 aliphatic heterocycles. The third-order valence-electron chi connectivity index (χ3n) is 5.39. The van der Waals surface area contributed by atoms with Crippen LogP contribution in [0, 0.1) is 25.7 Å². The fourth-order valence-corrected chi connectivity index (χ4v) is 3.70. The molecule has 3 amide bonds. The van der Waals surface area contributed by atoms with Crippen LogP contribution in [0.1, 0.15) is 31.2 Å². The number of carbonyl (C=O) groups excluding carboxylic acids is 4. The van der Waals surface area contributed by atoms with Crippen molar-refractivity contribution in [2.24, 2.45) is 18.9 Å². The molecule has 0 bridgehead atoms. The van der Waals surface area contributed by atoms with Crippen LogP contribution >= 0.6 is 0 Å². The van der Waals surface area contributed by atoms with E-state index in [1.165, 1.54) is 6.92 Å². The van der Waals surface area contributed by atoms with E-state index >= 15 is 0 Å². The molecule has 1 aromatic rings. The number of hydrogen-bond acceptors (Lipinski definition) is 6. The Bertz CT molecular complexity index is 846. The zero-order valence-corrected chi connectivity index (χ0v) is 16.4. The summed E-state index contributed by atoms with van der Waals surface area (Å²) < 4.78 is 6.68. The van der Waals surface area contributed by atoms with Crippen molar-refractivity contribution in [3.8, 4) is 0 Å². The Kier molecular flexibility index (Phi) is 5.35. The smallest absolute Gasteiger partial charge is 0.329 e. The summed E-state index contributed by atoms with van der Waals surface area (Å²) in [5, 5.41) is 6.87. The normalized spacial score (nSPS) is 22.2. The molecule has 0 spiro atoms. The summed E-state index contributed by atoms with van der Waals surface area (Å²) >= 11 is 0. The molecule has 0 saturated carbocycles. The Morgan fingerprint density at radius 2 is 1.79 bits per heavy atom. The third kappa shape index (κ3) is 3.44. The van der Waals surface area contributed by atoms with Crippen LogP contribution in [0.3, 0.4) is 0 Å². The average Bonchev–Trinajstić information content (AvgIpc) is 3.06. The lowest BCUT2D eigenvalue weighted by atomic mass is 9.85. The van der Waals surface area contributed by atoms with E-state index in [4.69, 9.17) is 4.74 Å². The van der Waals surface area contributed by atoms with E-state index in [1.54, 1.807) is 18.7 Å². The number of allylic oxidation sites excluding steroid dienone is 2. The Morgan fingerprint density at radius 3 is 2.29 bits per heavy atom. The van der Waals surface area contributed by atoms with Crippen LogP contribution in [0.15, 0.2) is 12.2 Å². The standard InChI is InChI=1S/C19H24N4O5/c1-10-16(11(2)22(4)21-10)20-15(24)9-28-19(27)12(3)23-17(25)13-7-5-6-8-14(13)18(23)26/h5-6,12-14H,7-9H2,1-4H3,(H,20,24)/t12-,13+,14+/m0/s1. The van der Waals surface area contributed by atoms with E-state index in [9.17, 15) is 19.2 Å². The number of esters is 1. The number of fused-ring (bicyclic) bond motifs is 1. The minimum absolute atomic E-state index is 0.352. The highest BCUT2D eigenvalue weighted by atomic mass is 16.5. The molecule has 1 fully saturated rings. The topological polar surface area (TPSA) is 111 Å². The van der Waals surface area contributed by atoms with Crippen molar-refractivity contribution in [2.45, 2.75) is 39.7 Å². The maximum absolute atomic E-state index is 12.5. The van der Waals surface area contributed by atoms with E-state index in [0.717, 1.165) is 10.6 Å². The molecule has 0 unspecified atom stereocenters. The molecule has 0 radical (unpaired) electrons. The molecule has 2 heterocycles. The van der Waals surface area contributed by atoms with Crippen molar-refractivity contribution in [1.82, 2.24) is 14.7 Å². The van der Waals surface area contributed by atoms with Gasteiger partial charge in [-0.2, -0.15) is 5.10 Å². The maximum Gasteiger partial charge on any atom is 0.329 e. The summed E-state index contributed by atoms with van der Waals surface area (Å²) in [6.45, 7) is 4.50. The lowest BCUT2D eigenvalue weighted by molar-refractivity contribution is -0.159. The Hall–Kier alpha value is -2.97. The second-order valence-electron chi connectivity index (χ2n) is 7.20. The molecule has 1 N–H and O–H groups in total. The molecule has 1 aliphatic carbocycles. The van der Waals surface area contributed by atoms with Crippen LogP contribution in [0.2, 0.25) is 0 Å². The quantitative estimate of drug-likeness (QED) is 0.455. The summed E-state index contributed by atoms with van der Waals surface area (Å²) in [5.74, 6) is -2.83. The van der Waals surface area contributed by atoms with Crippen molar-refractivity contribution in [3.05, 3.63) is 23.5 Å². The third-order valence-corrected chi connectivity index (χ3v) is 5.39. The number of amides is 3. The highest BCUT2D eigenvalue weighted by Crippen LogP contribution is 2.36. The predicted octanol–water partition coefficient (Wildman–Crippen LogP) is 0.858. The number of rotatable bonds is 5. The number of nitrogens with zero attached hydrogens (tertiary/aromatic N) is 3. The van der Waals surface area contributed by atoms with Gasteiger partial charge in [-0.15, -0.1) is 0 Å². The number of anilines is 1. The zero-order valence-electron chi connectivity index (χ0n) is 16.4. The van der Waals surface area contributed by atoms with E-state index in [0.29, 0.717) is 24.2 Å². The Labute approximate surface area is 162 Å². The van der Waals surface area contributed by atoms with E-state index in [-0.39, 0.29) is 11.8 Å². The lowest BCUT2D eigenvalue weighted by Gasteiger charge is -2.21. The van der Waals surface area contributed by atoms with Gasteiger partial charge in [-0.25, -0.2) is 4.79 Å². The highest BCUT2D eigenvalue weighted by molar-refractivity contribution is 6.08. The van der Waals surface area contributed by atoms with Crippen LogP contribution in [0.5, 0.6) is 0 Å².